The normalized spacial score (nSPS) is 23.1. The monoisotopic (exact) mass is 224 g/mol. The van der Waals surface area contributed by atoms with E-state index in [4.69, 9.17) is 9.84 Å². The van der Waals surface area contributed by atoms with Crippen LogP contribution in [0.1, 0.15) is 11.7 Å². The molecule has 2 atom stereocenters. The number of hydrogen-bond donors (Lipinski definition) is 1. The summed E-state index contributed by atoms with van der Waals surface area (Å²) in [6.07, 6.45) is -1.91. The Bertz CT molecular complexity index is 397. The zero-order valence-corrected chi connectivity index (χ0v) is 6.91. The summed E-state index contributed by atoms with van der Waals surface area (Å²) >= 11 is 0. The molecule has 2 rings (SSSR count). The van der Waals surface area contributed by atoms with Crippen molar-refractivity contribution >= 4 is 35.5 Å². The van der Waals surface area contributed by atoms with Crippen molar-refractivity contribution in [3.63, 3.8) is 0 Å². The van der Waals surface area contributed by atoms with E-state index in [0.717, 1.165) is 6.07 Å². The predicted molar refractivity (Wildman–Crippen MR) is 48.8 cm³/mol. The van der Waals surface area contributed by atoms with Crippen LogP contribution in [0, 0.1) is 11.6 Å². The molecule has 15 heavy (non-hydrogen) atoms. The van der Waals surface area contributed by atoms with Gasteiger partial charge in [-0.1, -0.05) is 12.1 Å². The Morgan fingerprint density at radius 1 is 1.40 bits per heavy atom. The van der Waals surface area contributed by atoms with Gasteiger partial charge in [0.15, 0.2) is 17.7 Å². The molecule has 3 nitrogen and oxygen atoms in total. The Morgan fingerprint density at radius 2 is 2.07 bits per heavy atom. The van der Waals surface area contributed by atoms with Crippen molar-refractivity contribution in [1.82, 2.24) is 0 Å². The second-order valence-electron chi connectivity index (χ2n) is 2.96. The molecular weight excluding hydrogens is 217 g/mol. The van der Waals surface area contributed by atoms with Crippen LogP contribution in [0.15, 0.2) is 18.2 Å². The molecule has 0 radical (unpaired) electrons. The van der Waals surface area contributed by atoms with Crippen LogP contribution in [0.2, 0.25) is 0 Å². The van der Waals surface area contributed by atoms with E-state index in [0.29, 0.717) is 0 Å². The molecule has 0 amide bonds. The average molecular weight is 224 g/mol. The maximum absolute atomic E-state index is 13.1. The summed E-state index contributed by atoms with van der Waals surface area (Å²) in [5.41, 5.74) is -0.0441. The van der Waals surface area contributed by atoms with E-state index >= 15 is 0 Å². The van der Waals surface area contributed by atoms with E-state index < -0.39 is 29.8 Å². The number of hydrogen-bond acceptors (Lipinski definition) is 2. The van der Waals surface area contributed by atoms with Crippen molar-refractivity contribution in [1.29, 1.82) is 0 Å². The molecule has 6 heteroatoms. The van der Waals surface area contributed by atoms with Gasteiger partial charge < -0.3 is 9.84 Å². The molecule has 0 aromatic heterocycles. The Hall–Kier alpha value is -0.490. The van der Waals surface area contributed by atoms with Crippen LogP contribution in [-0.4, -0.2) is 46.7 Å². The van der Waals surface area contributed by atoms with Gasteiger partial charge in [-0.25, -0.2) is 13.6 Å². The predicted octanol–water partition coefficient (Wildman–Crippen LogP) is 0.841. The first-order valence-electron chi connectivity index (χ1n) is 3.93. The van der Waals surface area contributed by atoms with Crippen LogP contribution in [0.5, 0.6) is 0 Å². The van der Waals surface area contributed by atoms with Gasteiger partial charge in [-0.3, -0.25) is 0 Å². The van der Waals surface area contributed by atoms with Crippen LogP contribution < -0.4 is 0 Å². The molecule has 1 aromatic rings. The topological polar surface area (TPSA) is 49.8 Å². The number of carboxylic acids is 1. The van der Waals surface area contributed by atoms with Crippen molar-refractivity contribution in [3.8, 4) is 0 Å². The van der Waals surface area contributed by atoms with Crippen molar-refractivity contribution in [2.24, 2.45) is 0 Å². The number of ether oxygens (including phenoxy) is 1. The van der Waals surface area contributed by atoms with Crippen LogP contribution >= 0.6 is 0 Å². The van der Waals surface area contributed by atoms with Gasteiger partial charge >= 0.3 is 35.5 Å². The fourth-order valence-corrected chi connectivity index (χ4v) is 1.28. The molecule has 1 N–H and O–H groups in total. The summed E-state index contributed by atoms with van der Waals surface area (Å²) in [5.74, 6) is -3.21. The Labute approximate surface area is 106 Å². The van der Waals surface area contributed by atoms with Gasteiger partial charge in [-0.05, 0) is 6.07 Å². The maximum atomic E-state index is 13.1. The van der Waals surface area contributed by atoms with E-state index in [-0.39, 0.29) is 35.1 Å². The van der Waals surface area contributed by atoms with Gasteiger partial charge in [0.25, 0.3) is 0 Å². The quantitative estimate of drug-likeness (QED) is 0.598. The molecule has 1 aliphatic rings. The van der Waals surface area contributed by atoms with Crippen LogP contribution in [-0.2, 0) is 9.53 Å². The number of aliphatic carboxylic acids is 1. The molecular formula is C9H7F2NaO3. The van der Waals surface area contributed by atoms with Gasteiger partial charge in [0.05, 0.1) is 0 Å². The van der Waals surface area contributed by atoms with Gasteiger partial charge in [-0.15, -0.1) is 0 Å². The van der Waals surface area contributed by atoms with E-state index in [2.05, 4.69) is 0 Å². The third-order valence-electron chi connectivity index (χ3n) is 2.02. The standard InChI is InChI=1S/C9H6F2O3.Na.H/c10-5-3-1-2-4(6(5)11)7-8(14-7)9(12)13;;/h1-3,7-8H,(H,12,13);;. The van der Waals surface area contributed by atoms with E-state index in [1.165, 1.54) is 12.1 Å². The summed E-state index contributed by atoms with van der Waals surface area (Å²) in [4.78, 5) is 10.4. The number of rotatable bonds is 2. The van der Waals surface area contributed by atoms with Crippen molar-refractivity contribution < 1.29 is 23.4 Å². The van der Waals surface area contributed by atoms with E-state index in [1.54, 1.807) is 0 Å². The zero-order valence-electron chi connectivity index (χ0n) is 6.91. The minimum atomic E-state index is -1.17. The molecule has 1 aromatic carbocycles. The first-order chi connectivity index (χ1) is 6.61. The van der Waals surface area contributed by atoms with Gasteiger partial charge in [-0.2, -0.15) is 0 Å². The van der Waals surface area contributed by atoms with Crippen LogP contribution in [0.4, 0.5) is 8.78 Å². The second-order valence-corrected chi connectivity index (χ2v) is 2.96. The SMILES string of the molecule is O=C(O)C1OC1c1cccc(F)c1F.[NaH]. The number of carbonyl (C=O) groups is 1. The summed E-state index contributed by atoms with van der Waals surface area (Å²) < 4.78 is 30.5. The van der Waals surface area contributed by atoms with Crippen molar-refractivity contribution in [2.75, 3.05) is 0 Å². The van der Waals surface area contributed by atoms with E-state index in [1.807, 2.05) is 0 Å². The van der Waals surface area contributed by atoms with Gasteiger partial charge in [0.2, 0.25) is 0 Å². The third kappa shape index (κ3) is 2.36. The van der Waals surface area contributed by atoms with Crippen molar-refractivity contribution in [3.05, 3.63) is 35.4 Å². The average Bonchev–Trinajstić information content (AvgIpc) is 2.89. The molecule has 76 valence electrons. The summed E-state index contributed by atoms with van der Waals surface area (Å²) in [6, 6.07) is 3.59. The summed E-state index contributed by atoms with van der Waals surface area (Å²) in [7, 11) is 0. The molecule has 1 aliphatic heterocycles. The molecule has 1 fully saturated rings. The van der Waals surface area contributed by atoms with E-state index in [9.17, 15) is 13.6 Å². The molecule has 0 saturated carbocycles. The molecule has 1 heterocycles. The number of carboxylic acid groups (broad SMARTS) is 1. The summed E-state index contributed by atoms with van der Waals surface area (Å²) in [5, 5.41) is 8.50. The number of benzene rings is 1. The molecule has 0 bridgehead atoms. The first kappa shape index (κ1) is 12.6. The minimum absolute atomic E-state index is 0. The number of epoxide rings is 1. The molecule has 1 saturated heterocycles. The Kier molecular flexibility index (Phi) is 3.83. The van der Waals surface area contributed by atoms with Gasteiger partial charge in [0, 0.05) is 5.56 Å². The third-order valence-corrected chi connectivity index (χ3v) is 2.02. The molecule has 0 spiro atoms. The van der Waals surface area contributed by atoms with Crippen LogP contribution in [0.3, 0.4) is 0 Å². The number of halogens is 2. The second kappa shape index (κ2) is 4.57. The van der Waals surface area contributed by atoms with Crippen LogP contribution in [0.25, 0.3) is 0 Å². The Morgan fingerprint density at radius 3 is 2.60 bits per heavy atom. The fraction of sp³-hybridized carbons (Fsp3) is 0.222. The first-order valence-corrected chi connectivity index (χ1v) is 3.93. The Balaban J connectivity index is 0.00000112. The van der Waals surface area contributed by atoms with Crippen molar-refractivity contribution in [2.45, 2.75) is 12.2 Å². The summed E-state index contributed by atoms with van der Waals surface area (Å²) in [6.45, 7) is 0. The fourth-order valence-electron chi connectivity index (χ4n) is 1.28. The van der Waals surface area contributed by atoms with Gasteiger partial charge in [0.1, 0.15) is 6.10 Å². The molecule has 2 unspecified atom stereocenters. The molecule has 0 aliphatic carbocycles. The zero-order chi connectivity index (χ0) is 10.3.